The molecule has 1 aromatic heterocycles. The van der Waals surface area contributed by atoms with E-state index in [1.54, 1.807) is 0 Å². The van der Waals surface area contributed by atoms with Gasteiger partial charge in [0.25, 0.3) is 0 Å². The summed E-state index contributed by atoms with van der Waals surface area (Å²) < 4.78 is 0. The number of nitrogens with zero attached hydrogens (tertiary/aromatic N) is 2. The Morgan fingerprint density at radius 3 is 2.57 bits per heavy atom. The van der Waals surface area contributed by atoms with Gasteiger partial charge in [-0.1, -0.05) is 39.0 Å². The molecule has 0 saturated carbocycles. The molecule has 1 aromatic carbocycles. The Morgan fingerprint density at radius 1 is 1.14 bits per heavy atom. The van der Waals surface area contributed by atoms with Crippen molar-refractivity contribution in [2.45, 2.75) is 27.2 Å². The second-order valence-electron chi connectivity index (χ2n) is 2.70. The minimum absolute atomic E-state index is 0.894. The van der Waals surface area contributed by atoms with E-state index in [0.717, 1.165) is 23.1 Å². The van der Waals surface area contributed by atoms with E-state index >= 15 is 0 Å². The number of aryl methyl sites for hydroxylation is 1. The average molecular weight is 188 g/mol. The molecule has 0 aliphatic heterocycles. The minimum Gasteiger partial charge on any atom is -0.241 e. The molecule has 0 aliphatic rings. The first-order valence-corrected chi connectivity index (χ1v) is 5.11. The third-order valence-corrected chi connectivity index (χ3v) is 1.86. The second kappa shape index (κ2) is 5.32. The Bertz CT molecular complexity index is 396. The van der Waals surface area contributed by atoms with E-state index in [2.05, 4.69) is 16.9 Å². The molecular formula is C12H16N2. The summed E-state index contributed by atoms with van der Waals surface area (Å²) >= 11 is 0. The molecular weight excluding hydrogens is 172 g/mol. The van der Waals surface area contributed by atoms with Gasteiger partial charge in [-0.25, -0.2) is 9.97 Å². The maximum atomic E-state index is 4.38. The average Bonchev–Trinajstić information content (AvgIpc) is 2.31. The van der Waals surface area contributed by atoms with Gasteiger partial charge in [-0.2, -0.15) is 0 Å². The molecule has 0 bridgehead atoms. The summed E-state index contributed by atoms with van der Waals surface area (Å²) in [5.41, 5.74) is 1.03. The second-order valence-corrected chi connectivity index (χ2v) is 2.70. The van der Waals surface area contributed by atoms with Gasteiger partial charge in [-0.3, -0.25) is 0 Å². The van der Waals surface area contributed by atoms with E-state index in [4.69, 9.17) is 0 Å². The summed E-state index contributed by atoms with van der Waals surface area (Å²) in [6.45, 7) is 6.06. The monoisotopic (exact) mass is 188 g/mol. The van der Waals surface area contributed by atoms with E-state index in [1.165, 1.54) is 0 Å². The molecule has 2 rings (SSSR count). The van der Waals surface area contributed by atoms with Gasteiger partial charge in [0.05, 0.1) is 5.52 Å². The van der Waals surface area contributed by atoms with E-state index in [9.17, 15) is 0 Å². The lowest BCUT2D eigenvalue weighted by Crippen LogP contribution is -1.91. The molecule has 0 saturated heterocycles. The first-order chi connectivity index (χ1) is 6.90. The third-order valence-electron chi connectivity index (χ3n) is 1.86. The number of para-hydroxylation sites is 1. The molecule has 2 heteroatoms. The molecule has 0 fully saturated rings. The largest absolute Gasteiger partial charge is 0.241 e. The topological polar surface area (TPSA) is 25.8 Å². The van der Waals surface area contributed by atoms with Gasteiger partial charge in [0.2, 0.25) is 0 Å². The van der Waals surface area contributed by atoms with Crippen molar-refractivity contribution in [3.8, 4) is 0 Å². The van der Waals surface area contributed by atoms with Crippen LogP contribution in [0.3, 0.4) is 0 Å². The van der Waals surface area contributed by atoms with Crippen molar-refractivity contribution in [2.75, 3.05) is 0 Å². The molecule has 0 amide bonds. The predicted octanol–water partition coefficient (Wildman–Crippen LogP) is 3.22. The number of benzene rings is 1. The summed E-state index contributed by atoms with van der Waals surface area (Å²) in [5, 5.41) is 1.11. The lowest BCUT2D eigenvalue weighted by molar-refractivity contribution is 0.961. The fourth-order valence-corrected chi connectivity index (χ4v) is 1.18. The highest BCUT2D eigenvalue weighted by atomic mass is 14.9. The fraction of sp³-hybridized carbons (Fsp3) is 0.333. The van der Waals surface area contributed by atoms with Crippen LogP contribution in [0.25, 0.3) is 10.9 Å². The Morgan fingerprint density at radius 2 is 1.86 bits per heavy atom. The van der Waals surface area contributed by atoms with Crippen LogP contribution in [0.2, 0.25) is 0 Å². The van der Waals surface area contributed by atoms with Crippen molar-refractivity contribution in [3.05, 3.63) is 36.3 Å². The number of hydrogen-bond acceptors (Lipinski definition) is 2. The van der Waals surface area contributed by atoms with Gasteiger partial charge in [-0.05, 0) is 6.07 Å². The SMILES string of the molecule is CC.CCc1ncc2ccccc2n1. The number of hydrogen-bond donors (Lipinski definition) is 0. The van der Waals surface area contributed by atoms with Crippen molar-refractivity contribution in [1.82, 2.24) is 9.97 Å². The highest BCUT2D eigenvalue weighted by Crippen LogP contribution is 2.09. The van der Waals surface area contributed by atoms with Gasteiger partial charge in [0.15, 0.2) is 0 Å². The fourth-order valence-electron chi connectivity index (χ4n) is 1.18. The smallest absolute Gasteiger partial charge is 0.128 e. The number of fused-ring (bicyclic) bond motifs is 1. The van der Waals surface area contributed by atoms with Crippen LogP contribution in [0.4, 0.5) is 0 Å². The third kappa shape index (κ3) is 2.28. The zero-order valence-electron chi connectivity index (χ0n) is 8.99. The van der Waals surface area contributed by atoms with E-state index in [-0.39, 0.29) is 0 Å². The van der Waals surface area contributed by atoms with Crippen LogP contribution in [0.1, 0.15) is 26.6 Å². The lowest BCUT2D eigenvalue weighted by Gasteiger charge is -1.97. The summed E-state index contributed by atoms with van der Waals surface area (Å²) in [6.07, 6.45) is 2.77. The Labute approximate surface area is 85.0 Å². The molecule has 14 heavy (non-hydrogen) atoms. The predicted molar refractivity (Wildman–Crippen MR) is 60.3 cm³/mol. The Hall–Kier alpha value is -1.44. The highest BCUT2D eigenvalue weighted by Gasteiger charge is 1.95. The Kier molecular flexibility index (Phi) is 4.05. The summed E-state index contributed by atoms with van der Waals surface area (Å²) in [4.78, 5) is 8.60. The van der Waals surface area contributed by atoms with Gasteiger partial charge in [-0.15, -0.1) is 0 Å². The summed E-state index contributed by atoms with van der Waals surface area (Å²) in [6, 6.07) is 8.02. The van der Waals surface area contributed by atoms with Crippen molar-refractivity contribution in [3.63, 3.8) is 0 Å². The van der Waals surface area contributed by atoms with E-state index in [1.807, 2.05) is 44.3 Å². The van der Waals surface area contributed by atoms with Crippen LogP contribution >= 0.6 is 0 Å². The van der Waals surface area contributed by atoms with Gasteiger partial charge < -0.3 is 0 Å². The van der Waals surface area contributed by atoms with Crippen LogP contribution in [0.15, 0.2) is 30.5 Å². The molecule has 0 N–H and O–H groups in total. The molecule has 0 atom stereocenters. The van der Waals surface area contributed by atoms with Crippen molar-refractivity contribution in [1.29, 1.82) is 0 Å². The molecule has 1 heterocycles. The minimum atomic E-state index is 0.894. The maximum absolute atomic E-state index is 4.38. The molecule has 0 aliphatic carbocycles. The first kappa shape index (κ1) is 10.6. The van der Waals surface area contributed by atoms with Crippen molar-refractivity contribution >= 4 is 10.9 Å². The lowest BCUT2D eigenvalue weighted by atomic mass is 10.2. The molecule has 0 unspecified atom stereocenters. The van der Waals surface area contributed by atoms with Gasteiger partial charge in [0.1, 0.15) is 5.82 Å². The number of rotatable bonds is 1. The van der Waals surface area contributed by atoms with Crippen LogP contribution in [-0.4, -0.2) is 9.97 Å². The zero-order valence-corrected chi connectivity index (χ0v) is 8.99. The maximum Gasteiger partial charge on any atom is 0.128 e. The van der Waals surface area contributed by atoms with E-state index in [0.29, 0.717) is 0 Å². The first-order valence-electron chi connectivity index (χ1n) is 5.11. The zero-order chi connectivity index (χ0) is 10.4. The summed E-state index contributed by atoms with van der Waals surface area (Å²) in [5.74, 6) is 0.911. The van der Waals surface area contributed by atoms with Crippen LogP contribution in [0.5, 0.6) is 0 Å². The Balaban J connectivity index is 0.000000461. The molecule has 2 nitrogen and oxygen atoms in total. The van der Waals surface area contributed by atoms with E-state index < -0.39 is 0 Å². The van der Waals surface area contributed by atoms with Crippen LogP contribution in [-0.2, 0) is 6.42 Å². The standard InChI is InChI=1S/C10H10N2.C2H6/c1-2-10-11-7-8-5-3-4-6-9(8)12-10;1-2/h3-7H,2H2,1H3;1-2H3. The van der Waals surface area contributed by atoms with Crippen molar-refractivity contribution in [2.24, 2.45) is 0 Å². The molecule has 74 valence electrons. The molecule has 2 aromatic rings. The molecule has 0 radical (unpaired) electrons. The summed E-state index contributed by atoms with van der Waals surface area (Å²) in [7, 11) is 0. The van der Waals surface area contributed by atoms with Gasteiger partial charge >= 0.3 is 0 Å². The van der Waals surface area contributed by atoms with Crippen LogP contribution in [0, 0.1) is 0 Å². The van der Waals surface area contributed by atoms with Gasteiger partial charge in [0, 0.05) is 18.0 Å². The normalized spacial score (nSPS) is 9.36. The molecule has 0 spiro atoms. The van der Waals surface area contributed by atoms with Crippen LogP contribution < -0.4 is 0 Å². The quantitative estimate of drug-likeness (QED) is 0.686. The number of aromatic nitrogens is 2. The highest BCUT2D eigenvalue weighted by molar-refractivity contribution is 5.77. The van der Waals surface area contributed by atoms with Crippen molar-refractivity contribution < 1.29 is 0 Å².